The van der Waals surface area contributed by atoms with Crippen molar-refractivity contribution in [1.82, 2.24) is 0 Å². The van der Waals surface area contributed by atoms with Crippen LogP contribution in [0.25, 0.3) is 0 Å². The Balaban J connectivity index is 2.13. The van der Waals surface area contributed by atoms with Crippen molar-refractivity contribution in [3.05, 3.63) is 29.3 Å². The van der Waals surface area contributed by atoms with Crippen molar-refractivity contribution in [2.45, 2.75) is 6.92 Å². The predicted molar refractivity (Wildman–Crippen MR) is 70.5 cm³/mol. The Bertz CT molecular complexity index is 541. The molecule has 0 amide bonds. The largest absolute Gasteiger partial charge is 0.465 e. The van der Waals surface area contributed by atoms with Crippen LogP contribution in [-0.4, -0.2) is 37.8 Å². The summed E-state index contributed by atoms with van der Waals surface area (Å²) in [5.74, 6) is -0.359. The molecular formula is C12H16N5O2+. The number of nitrogens with one attached hydrogen (secondary N) is 1. The zero-order valence-electron chi connectivity index (χ0n) is 11.1. The van der Waals surface area contributed by atoms with Gasteiger partial charge < -0.3 is 10.1 Å². The first kappa shape index (κ1) is 13.2. The minimum absolute atomic E-state index is 0.0852. The second-order valence-electron chi connectivity index (χ2n) is 4.38. The van der Waals surface area contributed by atoms with E-state index >= 15 is 0 Å². The summed E-state index contributed by atoms with van der Waals surface area (Å²) in [5, 5.41) is 15.0. The number of hydrogen-bond acceptors (Lipinski definition) is 6. The van der Waals surface area contributed by atoms with E-state index in [0.717, 1.165) is 11.3 Å². The van der Waals surface area contributed by atoms with Gasteiger partial charge in [0.25, 0.3) is 0 Å². The van der Waals surface area contributed by atoms with E-state index < -0.39 is 0 Å². The number of hydrogen-bond donors (Lipinski definition) is 1. The van der Waals surface area contributed by atoms with Crippen molar-refractivity contribution in [1.29, 1.82) is 0 Å². The molecule has 2 rings (SSSR count). The van der Waals surface area contributed by atoms with Gasteiger partial charge in [0.2, 0.25) is 13.0 Å². The fourth-order valence-electron chi connectivity index (χ4n) is 1.66. The Morgan fingerprint density at radius 2 is 2.26 bits per heavy atom. The molecule has 1 aliphatic rings. The average Bonchev–Trinajstić information content (AvgIpc) is 2.84. The molecule has 19 heavy (non-hydrogen) atoms. The number of methoxy groups -OCH3 is 1. The van der Waals surface area contributed by atoms with Crippen LogP contribution in [0.4, 0.5) is 5.69 Å². The number of anilines is 1. The number of ether oxygens (including phenoxy) is 1. The molecule has 1 aromatic carbocycles. The van der Waals surface area contributed by atoms with Gasteiger partial charge in [0.1, 0.15) is 7.05 Å². The lowest BCUT2D eigenvalue weighted by atomic mass is 10.1. The summed E-state index contributed by atoms with van der Waals surface area (Å²) in [6.07, 6.45) is 1.42. The maximum absolute atomic E-state index is 11.5. The van der Waals surface area contributed by atoms with Gasteiger partial charge in [0.05, 0.1) is 17.9 Å². The summed E-state index contributed by atoms with van der Waals surface area (Å²) in [6.45, 7) is 2.41. The molecule has 7 nitrogen and oxygen atoms in total. The average molecular weight is 262 g/mol. The molecule has 0 radical (unpaired) electrons. The first-order chi connectivity index (χ1) is 9.04. The summed E-state index contributed by atoms with van der Waals surface area (Å²) in [5.41, 5.74) is 2.38. The minimum Gasteiger partial charge on any atom is -0.465 e. The molecule has 0 saturated heterocycles. The van der Waals surface area contributed by atoms with E-state index in [1.807, 2.05) is 20.0 Å². The maximum Gasteiger partial charge on any atom is 0.337 e. The van der Waals surface area contributed by atoms with Gasteiger partial charge in [0.15, 0.2) is 0 Å². The first-order valence-electron chi connectivity index (χ1n) is 5.79. The molecule has 1 atom stereocenters. The highest BCUT2D eigenvalue weighted by atomic mass is 16.5. The second kappa shape index (κ2) is 5.15. The lowest BCUT2D eigenvalue weighted by Crippen LogP contribution is -2.35. The number of esters is 1. The number of carbonyl (C=O) groups excluding carboxylic acids is 1. The number of aryl methyl sites for hydroxylation is 1. The molecule has 1 heterocycles. The zero-order chi connectivity index (χ0) is 13.9. The molecule has 0 aliphatic carbocycles. The quantitative estimate of drug-likeness (QED) is 0.665. The second-order valence-corrected chi connectivity index (χ2v) is 4.38. The third-order valence-corrected chi connectivity index (χ3v) is 2.82. The van der Waals surface area contributed by atoms with Crippen molar-refractivity contribution in [3.8, 4) is 0 Å². The summed E-state index contributed by atoms with van der Waals surface area (Å²) >= 11 is 0. The van der Waals surface area contributed by atoms with Gasteiger partial charge in [-0.25, -0.2) is 4.79 Å². The van der Waals surface area contributed by atoms with E-state index in [9.17, 15) is 4.79 Å². The van der Waals surface area contributed by atoms with Crippen molar-refractivity contribution < 1.29 is 14.2 Å². The molecule has 1 aromatic rings. The van der Waals surface area contributed by atoms with Crippen LogP contribution in [0, 0.1) is 6.92 Å². The monoisotopic (exact) mass is 262 g/mol. The molecule has 0 fully saturated rings. The van der Waals surface area contributed by atoms with Crippen LogP contribution in [0.3, 0.4) is 0 Å². The van der Waals surface area contributed by atoms with Gasteiger partial charge in [0, 0.05) is 5.69 Å². The lowest BCUT2D eigenvalue weighted by Gasteiger charge is -2.17. The Morgan fingerprint density at radius 1 is 1.47 bits per heavy atom. The molecule has 0 spiro atoms. The SMILES string of the molecule is COC(=O)c1ccc(C)c(NC[N+]2(C)N=CN=N2)c1. The molecule has 1 aliphatic heterocycles. The molecule has 0 bridgehead atoms. The van der Waals surface area contributed by atoms with Gasteiger partial charge in [-0.15, -0.1) is 0 Å². The van der Waals surface area contributed by atoms with Crippen molar-refractivity contribution in [2.24, 2.45) is 15.4 Å². The van der Waals surface area contributed by atoms with Gasteiger partial charge in [-0.2, -0.15) is 0 Å². The number of rotatable bonds is 4. The van der Waals surface area contributed by atoms with Gasteiger partial charge in [-0.3, -0.25) is 0 Å². The molecule has 100 valence electrons. The normalized spacial score (nSPS) is 20.6. The van der Waals surface area contributed by atoms with Crippen LogP contribution < -0.4 is 5.32 Å². The smallest absolute Gasteiger partial charge is 0.337 e. The molecular weight excluding hydrogens is 246 g/mol. The molecule has 1 N–H and O–H groups in total. The summed E-state index contributed by atoms with van der Waals surface area (Å²) in [7, 11) is 3.18. The van der Waals surface area contributed by atoms with Crippen molar-refractivity contribution >= 4 is 18.0 Å². The molecule has 0 saturated carbocycles. The van der Waals surface area contributed by atoms with E-state index in [1.165, 1.54) is 13.4 Å². The van der Waals surface area contributed by atoms with E-state index in [0.29, 0.717) is 12.2 Å². The van der Waals surface area contributed by atoms with Crippen molar-refractivity contribution in [2.75, 3.05) is 26.1 Å². The zero-order valence-corrected chi connectivity index (χ0v) is 11.1. The maximum atomic E-state index is 11.5. The molecule has 1 unspecified atom stereocenters. The highest BCUT2D eigenvalue weighted by molar-refractivity contribution is 5.90. The fraction of sp³-hybridized carbons (Fsp3) is 0.333. The third-order valence-electron chi connectivity index (χ3n) is 2.82. The van der Waals surface area contributed by atoms with Gasteiger partial charge >= 0.3 is 5.97 Å². The van der Waals surface area contributed by atoms with E-state index in [2.05, 4.69) is 20.8 Å². The van der Waals surface area contributed by atoms with Gasteiger partial charge in [-0.05, 0) is 34.4 Å². The number of carbonyl (C=O) groups is 1. The molecule has 7 heteroatoms. The Kier molecular flexibility index (Phi) is 3.57. The van der Waals surface area contributed by atoms with Crippen LogP contribution in [-0.2, 0) is 4.74 Å². The Hall–Kier alpha value is -2.28. The highest BCUT2D eigenvalue weighted by Crippen LogP contribution is 2.19. The van der Waals surface area contributed by atoms with Gasteiger partial charge in [-0.1, -0.05) is 11.2 Å². The number of quaternary nitrogens is 1. The predicted octanol–water partition coefficient (Wildman–Crippen LogP) is 1.92. The van der Waals surface area contributed by atoms with Crippen LogP contribution in [0.15, 0.2) is 33.6 Å². The van der Waals surface area contributed by atoms with Crippen LogP contribution in [0.5, 0.6) is 0 Å². The van der Waals surface area contributed by atoms with Crippen LogP contribution >= 0.6 is 0 Å². The molecule has 0 aromatic heterocycles. The van der Waals surface area contributed by atoms with E-state index in [-0.39, 0.29) is 10.7 Å². The summed E-state index contributed by atoms with van der Waals surface area (Å²) in [4.78, 5) is 11.5. The third kappa shape index (κ3) is 2.94. The van der Waals surface area contributed by atoms with Crippen LogP contribution in [0.1, 0.15) is 15.9 Å². The van der Waals surface area contributed by atoms with Crippen LogP contribution in [0.2, 0.25) is 0 Å². The van der Waals surface area contributed by atoms with Crippen molar-refractivity contribution in [3.63, 3.8) is 0 Å². The fourth-order valence-corrected chi connectivity index (χ4v) is 1.66. The lowest BCUT2D eigenvalue weighted by molar-refractivity contribution is -0.920. The summed E-state index contributed by atoms with van der Waals surface area (Å²) in [6, 6.07) is 5.35. The van der Waals surface area contributed by atoms with E-state index in [4.69, 9.17) is 4.74 Å². The number of benzene rings is 1. The highest BCUT2D eigenvalue weighted by Gasteiger charge is 2.24. The minimum atomic E-state index is -0.359. The Morgan fingerprint density at radius 3 is 2.89 bits per heavy atom. The Labute approximate surface area is 111 Å². The number of nitrogens with zero attached hydrogens (tertiary/aromatic N) is 4. The van der Waals surface area contributed by atoms with E-state index in [1.54, 1.807) is 12.1 Å². The standard InChI is InChI=1S/C12H16N5O2/c1-9-4-5-10(12(18)19-3)6-11(9)13-8-17(2)15-7-14-16-17/h4-7,13H,8H2,1-3H3/q+1. The summed E-state index contributed by atoms with van der Waals surface area (Å²) < 4.78 is 4.79. The topological polar surface area (TPSA) is 75.4 Å². The first-order valence-corrected chi connectivity index (χ1v) is 5.79.